The van der Waals surface area contributed by atoms with Crippen molar-refractivity contribution in [3.63, 3.8) is 0 Å². The van der Waals surface area contributed by atoms with Crippen molar-refractivity contribution in [1.82, 2.24) is 30.8 Å². The molecule has 0 aliphatic carbocycles. The molecule has 1 amide bonds. The molecular weight excluding hydrogens is 224 g/mol. The lowest BCUT2D eigenvalue weighted by atomic mass is 10.3. The first-order valence-electron chi connectivity index (χ1n) is 4.80. The van der Waals surface area contributed by atoms with Gasteiger partial charge in [-0.15, -0.1) is 20.4 Å². The number of amides is 1. The van der Waals surface area contributed by atoms with Gasteiger partial charge in [0.05, 0.1) is 6.04 Å². The second-order valence-electron chi connectivity index (χ2n) is 3.30. The van der Waals surface area contributed by atoms with E-state index in [1.165, 1.54) is 6.07 Å². The fourth-order valence-corrected chi connectivity index (χ4v) is 1.18. The SMILES string of the molecule is CC(Nc1ccc(C(N)=O)nn1)c1nn[nH]n1. The number of hydrogen-bond acceptors (Lipinski definition) is 7. The minimum atomic E-state index is -0.615. The third-order valence-corrected chi connectivity index (χ3v) is 2.03. The first kappa shape index (κ1) is 10.9. The fourth-order valence-electron chi connectivity index (χ4n) is 1.18. The third kappa shape index (κ3) is 2.51. The van der Waals surface area contributed by atoms with Crippen LogP contribution in [0.5, 0.6) is 0 Å². The van der Waals surface area contributed by atoms with Crippen LogP contribution in [0, 0.1) is 0 Å². The van der Waals surface area contributed by atoms with Crippen LogP contribution in [0.2, 0.25) is 0 Å². The van der Waals surface area contributed by atoms with Crippen molar-refractivity contribution in [2.45, 2.75) is 13.0 Å². The van der Waals surface area contributed by atoms with Crippen molar-refractivity contribution in [2.24, 2.45) is 5.73 Å². The van der Waals surface area contributed by atoms with E-state index in [0.717, 1.165) is 0 Å². The van der Waals surface area contributed by atoms with Crippen LogP contribution in [0.3, 0.4) is 0 Å². The predicted molar refractivity (Wildman–Crippen MR) is 56.8 cm³/mol. The molecule has 0 aromatic carbocycles. The van der Waals surface area contributed by atoms with E-state index in [0.29, 0.717) is 11.6 Å². The highest BCUT2D eigenvalue weighted by atomic mass is 16.1. The molecule has 0 radical (unpaired) electrons. The summed E-state index contributed by atoms with van der Waals surface area (Å²) in [6.45, 7) is 1.84. The molecule has 2 aromatic rings. The Hall–Kier alpha value is -2.58. The summed E-state index contributed by atoms with van der Waals surface area (Å²) in [7, 11) is 0. The number of carbonyl (C=O) groups is 1. The van der Waals surface area contributed by atoms with Gasteiger partial charge in [-0.1, -0.05) is 5.21 Å². The lowest BCUT2D eigenvalue weighted by Crippen LogP contribution is -2.15. The average Bonchev–Trinajstić information content (AvgIpc) is 2.83. The topological polar surface area (TPSA) is 135 Å². The summed E-state index contributed by atoms with van der Waals surface area (Å²) in [5.74, 6) is 0.383. The molecule has 2 rings (SSSR count). The molecule has 4 N–H and O–H groups in total. The summed E-state index contributed by atoms with van der Waals surface area (Å²) in [6, 6.07) is 2.91. The van der Waals surface area contributed by atoms with E-state index in [1.807, 2.05) is 6.92 Å². The average molecular weight is 234 g/mol. The number of tetrazole rings is 1. The van der Waals surface area contributed by atoms with Crippen molar-refractivity contribution in [2.75, 3.05) is 5.32 Å². The number of anilines is 1. The highest BCUT2D eigenvalue weighted by molar-refractivity contribution is 5.90. The molecule has 0 spiro atoms. The van der Waals surface area contributed by atoms with Crippen LogP contribution >= 0.6 is 0 Å². The van der Waals surface area contributed by atoms with Gasteiger partial charge >= 0.3 is 0 Å². The maximum atomic E-state index is 10.8. The lowest BCUT2D eigenvalue weighted by Gasteiger charge is -2.09. The van der Waals surface area contributed by atoms with Crippen molar-refractivity contribution < 1.29 is 4.79 Å². The van der Waals surface area contributed by atoms with E-state index in [4.69, 9.17) is 5.73 Å². The predicted octanol–water partition coefficient (Wildman–Crippen LogP) is -0.738. The van der Waals surface area contributed by atoms with E-state index in [-0.39, 0.29) is 11.7 Å². The second-order valence-corrected chi connectivity index (χ2v) is 3.30. The number of H-pyrrole nitrogens is 1. The zero-order chi connectivity index (χ0) is 12.3. The van der Waals surface area contributed by atoms with Gasteiger partial charge < -0.3 is 11.1 Å². The number of aromatic amines is 1. The van der Waals surface area contributed by atoms with Gasteiger partial charge in [0.25, 0.3) is 5.91 Å². The van der Waals surface area contributed by atoms with E-state index in [9.17, 15) is 4.79 Å². The molecule has 0 aliphatic rings. The Bertz CT molecular complexity index is 493. The Balaban J connectivity index is 2.06. The summed E-state index contributed by atoms with van der Waals surface area (Å²) >= 11 is 0. The van der Waals surface area contributed by atoms with Crippen LogP contribution < -0.4 is 11.1 Å². The van der Waals surface area contributed by atoms with Gasteiger partial charge in [-0.2, -0.15) is 5.21 Å². The van der Waals surface area contributed by atoms with Crippen LogP contribution in [0.1, 0.15) is 29.3 Å². The van der Waals surface area contributed by atoms with E-state index in [2.05, 4.69) is 36.1 Å². The summed E-state index contributed by atoms with van der Waals surface area (Å²) in [4.78, 5) is 10.8. The molecule has 88 valence electrons. The second kappa shape index (κ2) is 4.51. The molecule has 1 atom stereocenters. The number of nitrogens with two attached hydrogens (primary N) is 1. The largest absolute Gasteiger partial charge is 0.364 e. The fraction of sp³-hybridized carbons (Fsp3) is 0.250. The first-order chi connectivity index (χ1) is 8.16. The molecule has 0 aliphatic heterocycles. The van der Waals surface area contributed by atoms with Crippen molar-refractivity contribution in [3.05, 3.63) is 23.7 Å². The minimum absolute atomic E-state index is 0.114. The molecule has 0 bridgehead atoms. The number of aromatic nitrogens is 6. The van der Waals surface area contributed by atoms with Crippen LogP contribution in [0.25, 0.3) is 0 Å². The Morgan fingerprint density at radius 3 is 2.76 bits per heavy atom. The molecule has 0 saturated carbocycles. The number of nitrogens with one attached hydrogen (secondary N) is 2. The maximum absolute atomic E-state index is 10.8. The van der Waals surface area contributed by atoms with Crippen molar-refractivity contribution >= 4 is 11.7 Å². The zero-order valence-electron chi connectivity index (χ0n) is 8.95. The zero-order valence-corrected chi connectivity index (χ0v) is 8.95. The quantitative estimate of drug-likeness (QED) is 0.633. The number of nitrogens with zero attached hydrogens (tertiary/aromatic N) is 5. The van der Waals surface area contributed by atoms with Crippen molar-refractivity contribution in [1.29, 1.82) is 0 Å². The Morgan fingerprint density at radius 1 is 1.41 bits per heavy atom. The highest BCUT2D eigenvalue weighted by Crippen LogP contribution is 2.12. The molecule has 17 heavy (non-hydrogen) atoms. The minimum Gasteiger partial charge on any atom is -0.364 e. The van der Waals surface area contributed by atoms with Gasteiger partial charge in [-0.3, -0.25) is 4.79 Å². The Kier molecular flexibility index (Phi) is 2.90. The smallest absolute Gasteiger partial charge is 0.269 e. The monoisotopic (exact) mass is 234 g/mol. The summed E-state index contributed by atoms with van der Waals surface area (Å²) in [5.41, 5.74) is 5.16. The third-order valence-electron chi connectivity index (χ3n) is 2.03. The summed E-state index contributed by atoms with van der Waals surface area (Å²) < 4.78 is 0. The van der Waals surface area contributed by atoms with Crippen LogP contribution in [0.4, 0.5) is 5.82 Å². The Labute approximate surface area is 95.8 Å². The molecule has 9 heteroatoms. The Morgan fingerprint density at radius 2 is 2.24 bits per heavy atom. The summed E-state index contributed by atoms with van der Waals surface area (Å²) in [6.07, 6.45) is 0. The first-order valence-corrected chi connectivity index (χ1v) is 4.80. The lowest BCUT2D eigenvalue weighted by molar-refractivity contribution is 0.0994. The number of rotatable bonds is 4. The van der Waals surface area contributed by atoms with Crippen LogP contribution in [-0.4, -0.2) is 36.7 Å². The van der Waals surface area contributed by atoms with Gasteiger partial charge in [0.1, 0.15) is 5.82 Å². The number of primary amides is 1. The molecule has 0 saturated heterocycles. The van der Waals surface area contributed by atoms with Gasteiger partial charge in [0.2, 0.25) is 0 Å². The summed E-state index contributed by atoms with van der Waals surface area (Å²) in [5, 5.41) is 23.9. The molecule has 2 heterocycles. The van der Waals surface area contributed by atoms with Gasteiger partial charge in [0, 0.05) is 0 Å². The van der Waals surface area contributed by atoms with Gasteiger partial charge in [-0.25, -0.2) is 0 Å². The van der Waals surface area contributed by atoms with Crippen LogP contribution in [0.15, 0.2) is 12.1 Å². The van der Waals surface area contributed by atoms with E-state index >= 15 is 0 Å². The van der Waals surface area contributed by atoms with E-state index in [1.54, 1.807) is 6.07 Å². The maximum Gasteiger partial charge on any atom is 0.269 e. The molecular formula is C8H10N8O. The molecule has 2 aromatic heterocycles. The standard InChI is InChI=1S/C8H10N8O/c1-4(8-13-15-16-14-8)10-6-3-2-5(7(9)17)11-12-6/h2-4H,1H3,(H2,9,17)(H,10,12)(H,13,14,15,16). The van der Waals surface area contributed by atoms with E-state index < -0.39 is 5.91 Å². The van der Waals surface area contributed by atoms with Crippen molar-refractivity contribution in [3.8, 4) is 0 Å². The number of carbonyl (C=O) groups excluding carboxylic acids is 1. The number of hydrogen-bond donors (Lipinski definition) is 3. The normalized spacial score (nSPS) is 12.1. The van der Waals surface area contributed by atoms with Crippen LogP contribution in [-0.2, 0) is 0 Å². The van der Waals surface area contributed by atoms with Gasteiger partial charge in [-0.05, 0) is 19.1 Å². The molecule has 1 unspecified atom stereocenters. The highest BCUT2D eigenvalue weighted by Gasteiger charge is 2.11. The van der Waals surface area contributed by atoms with Gasteiger partial charge in [0.15, 0.2) is 11.5 Å². The molecule has 0 fully saturated rings. The molecule has 9 nitrogen and oxygen atoms in total.